The molecule has 1 heterocycles. The number of likely N-dealkylation sites (tertiary alicyclic amines) is 1. The molecule has 78 valence electrons. The largest absolute Gasteiger partial charge is 0.317 e. The van der Waals surface area contributed by atoms with Crippen LogP contribution in [0, 0.1) is 0 Å². The highest BCUT2D eigenvalue weighted by Gasteiger charge is 2.10. The van der Waals surface area contributed by atoms with Crippen LogP contribution in [0.25, 0.3) is 0 Å². The first-order valence-corrected chi connectivity index (χ1v) is 5.72. The highest BCUT2D eigenvalue weighted by atomic mass is 15.1. The highest BCUT2D eigenvalue weighted by molar-refractivity contribution is 4.66. The van der Waals surface area contributed by atoms with Crippen LogP contribution < -0.4 is 5.32 Å². The molecule has 1 aliphatic heterocycles. The predicted molar refractivity (Wildman–Crippen MR) is 58.0 cm³/mol. The van der Waals surface area contributed by atoms with Gasteiger partial charge in [0.25, 0.3) is 0 Å². The summed E-state index contributed by atoms with van der Waals surface area (Å²) < 4.78 is 0. The van der Waals surface area contributed by atoms with Crippen molar-refractivity contribution in [1.82, 2.24) is 10.2 Å². The second-order valence-corrected chi connectivity index (χ2v) is 4.23. The first kappa shape index (κ1) is 11.0. The van der Waals surface area contributed by atoms with Gasteiger partial charge in [0, 0.05) is 6.04 Å². The monoisotopic (exact) mass is 184 g/mol. The molecule has 0 saturated carbocycles. The highest BCUT2D eigenvalue weighted by Crippen LogP contribution is 2.09. The molecule has 1 N–H and O–H groups in total. The van der Waals surface area contributed by atoms with E-state index >= 15 is 0 Å². The molecule has 0 bridgehead atoms. The van der Waals surface area contributed by atoms with Gasteiger partial charge in [0.15, 0.2) is 0 Å². The quantitative estimate of drug-likeness (QED) is 0.634. The summed E-state index contributed by atoms with van der Waals surface area (Å²) in [5.74, 6) is 0. The van der Waals surface area contributed by atoms with Gasteiger partial charge in [-0.2, -0.15) is 0 Å². The van der Waals surface area contributed by atoms with Crippen molar-refractivity contribution in [3.63, 3.8) is 0 Å². The molecule has 0 aromatic carbocycles. The Morgan fingerprint density at radius 1 is 1.23 bits per heavy atom. The molecule has 1 unspecified atom stereocenters. The van der Waals surface area contributed by atoms with Crippen molar-refractivity contribution >= 4 is 0 Å². The van der Waals surface area contributed by atoms with Crippen molar-refractivity contribution in [2.24, 2.45) is 0 Å². The van der Waals surface area contributed by atoms with Crippen molar-refractivity contribution in [1.29, 1.82) is 0 Å². The molecule has 0 aromatic rings. The first-order chi connectivity index (χ1) is 6.33. The predicted octanol–water partition coefficient (Wildman–Crippen LogP) is 1.86. The Labute approximate surface area is 82.7 Å². The summed E-state index contributed by atoms with van der Waals surface area (Å²) >= 11 is 0. The number of unbranched alkanes of at least 4 members (excludes halogenated alkanes) is 1. The molecule has 13 heavy (non-hydrogen) atoms. The maximum atomic E-state index is 3.28. The van der Waals surface area contributed by atoms with E-state index in [4.69, 9.17) is 0 Å². The van der Waals surface area contributed by atoms with Crippen LogP contribution in [0.1, 0.15) is 39.0 Å². The normalized spacial score (nSPS) is 20.8. The molecule has 1 atom stereocenters. The number of nitrogens with zero attached hydrogens (tertiary/aromatic N) is 1. The van der Waals surface area contributed by atoms with Crippen molar-refractivity contribution in [3.8, 4) is 0 Å². The molecule has 1 rings (SSSR count). The minimum atomic E-state index is 0.693. The Morgan fingerprint density at radius 3 is 2.54 bits per heavy atom. The van der Waals surface area contributed by atoms with Gasteiger partial charge >= 0.3 is 0 Å². The van der Waals surface area contributed by atoms with Crippen LogP contribution in [-0.4, -0.2) is 37.6 Å². The van der Waals surface area contributed by atoms with Crippen LogP contribution in [0.15, 0.2) is 0 Å². The minimum absolute atomic E-state index is 0.693. The summed E-state index contributed by atoms with van der Waals surface area (Å²) in [4.78, 5) is 2.60. The molecule has 1 fully saturated rings. The Bertz CT molecular complexity index is 119. The lowest BCUT2D eigenvalue weighted by Gasteiger charge is -2.15. The third-order valence-corrected chi connectivity index (χ3v) is 3.05. The van der Waals surface area contributed by atoms with Gasteiger partial charge in [0.1, 0.15) is 0 Å². The number of rotatable bonds is 6. The molecule has 1 saturated heterocycles. The van der Waals surface area contributed by atoms with Crippen LogP contribution >= 0.6 is 0 Å². The Hall–Kier alpha value is -0.0800. The molecule has 0 aliphatic carbocycles. The lowest BCUT2D eigenvalue weighted by Crippen LogP contribution is -2.23. The fraction of sp³-hybridized carbons (Fsp3) is 1.00. The van der Waals surface area contributed by atoms with E-state index in [9.17, 15) is 0 Å². The van der Waals surface area contributed by atoms with E-state index in [1.165, 1.54) is 51.7 Å². The van der Waals surface area contributed by atoms with E-state index in [1.54, 1.807) is 0 Å². The van der Waals surface area contributed by atoms with Gasteiger partial charge in [0.2, 0.25) is 0 Å². The van der Waals surface area contributed by atoms with Gasteiger partial charge in [-0.3, -0.25) is 0 Å². The van der Waals surface area contributed by atoms with Crippen LogP contribution in [0.3, 0.4) is 0 Å². The van der Waals surface area contributed by atoms with Crippen molar-refractivity contribution in [3.05, 3.63) is 0 Å². The third kappa shape index (κ3) is 4.63. The zero-order valence-corrected chi connectivity index (χ0v) is 9.18. The molecule has 0 aromatic heterocycles. The summed E-state index contributed by atoms with van der Waals surface area (Å²) in [6.07, 6.45) is 6.93. The third-order valence-electron chi connectivity index (χ3n) is 3.05. The standard InChI is InChI=1S/C11H24N2/c1-11(12-2)7-3-4-8-13-9-5-6-10-13/h11-12H,3-10H2,1-2H3. The van der Waals surface area contributed by atoms with Crippen LogP contribution in [-0.2, 0) is 0 Å². The number of hydrogen-bond donors (Lipinski definition) is 1. The second kappa shape index (κ2) is 6.39. The van der Waals surface area contributed by atoms with Gasteiger partial charge in [-0.25, -0.2) is 0 Å². The fourth-order valence-corrected chi connectivity index (χ4v) is 1.94. The Morgan fingerprint density at radius 2 is 1.92 bits per heavy atom. The van der Waals surface area contributed by atoms with Gasteiger partial charge in [-0.1, -0.05) is 6.42 Å². The molecule has 2 nitrogen and oxygen atoms in total. The topological polar surface area (TPSA) is 15.3 Å². The van der Waals surface area contributed by atoms with E-state index in [-0.39, 0.29) is 0 Å². The molecule has 0 spiro atoms. The maximum absolute atomic E-state index is 3.28. The van der Waals surface area contributed by atoms with E-state index in [0.717, 1.165) is 0 Å². The van der Waals surface area contributed by atoms with E-state index in [1.807, 2.05) is 7.05 Å². The summed E-state index contributed by atoms with van der Waals surface area (Å²) in [5, 5.41) is 3.28. The molecular formula is C11H24N2. The summed E-state index contributed by atoms with van der Waals surface area (Å²) in [6.45, 7) is 6.29. The van der Waals surface area contributed by atoms with E-state index in [0.29, 0.717) is 6.04 Å². The number of nitrogens with one attached hydrogen (secondary N) is 1. The van der Waals surface area contributed by atoms with E-state index < -0.39 is 0 Å². The SMILES string of the molecule is CNC(C)CCCCN1CCCC1. The Balaban J connectivity index is 1.88. The van der Waals surface area contributed by atoms with Crippen LogP contribution in [0.5, 0.6) is 0 Å². The lowest BCUT2D eigenvalue weighted by atomic mass is 10.1. The fourth-order valence-electron chi connectivity index (χ4n) is 1.94. The zero-order valence-electron chi connectivity index (χ0n) is 9.18. The second-order valence-electron chi connectivity index (χ2n) is 4.23. The van der Waals surface area contributed by atoms with Crippen molar-refractivity contribution in [2.75, 3.05) is 26.7 Å². The molecular weight excluding hydrogens is 160 g/mol. The molecule has 2 heteroatoms. The average Bonchev–Trinajstić information content (AvgIpc) is 2.64. The number of hydrogen-bond acceptors (Lipinski definition) is 2. The molecule has 0 amide bonds. The van der Waals surface area contributed by atoms with Gasteiger partial charge in [-0.05, 0) is 59.3 Å². The van der Waals surface area contributed by atoms with Crippen LogP contribution in [0.2, 0.25) is 0 Å². The van der Waals surface area contributed by atoms with E-state index in [2.05, 4.69) is 17.1 Å². The summed E-state index contributed by atoms with van der Waals surface area (Å²) in [7, 11) is 2.05. The van der Waals surface area contributed by atoms with Crippen molar-refractivity contribution < 1.29 is 0 Å². The van der Waals surface area contributed by atoms with Crippen molar-refractivity contribution in [2.45, 2.75) is 45.1 Å². The molecule has 0 radical (unpaired) electrons. The first-order valence-electron chi connectivity index (χ1n) is 5.72. The van der Waals surface area contributed by atoms with Gasteiger partial charge in [-0.15, -0.1) is 0 Å². The Kier molecular flexibility index (Phi) is 5.40. The van der Waals surface area contributed by atoms with Gasteiger partial charge in [0.05, 0.1) is 0 Å². The average molecular weight is 184 g/mol. The van der Waals surface area contributed by atoms with Crippen LogP contribution in [0.4, 0.5) is 0 Å². The summed E-state index contributed by atoms with van der Waals surface area (Å²) in [5.41, 5.74) is 0. The minimum Gasteiger partial charge on any atom is -0.317 e. The lowest BCUT2D eigenvalue weighted by molar-refractivity contribution is 0.325. The molecule has 1 aliphatic rings. The van der Waals surface area contributed by atoms with Gasteiger partial charge < -0.3 is 10.2 Å². The smallest absolute Gasteiger partial charge is 0.00357 e. The maximum Gasteiger partial charge on any atom is 0.00357 e. The summed E-state index contributed by atoms with van der Waals surface area (Å²) in [6, 6.07) is 0.693. The zero-order chi connectivity index (χ0) is 9.52.